The molecule has 3 rings (SSSR count). The third kappa shape index (κ3) is 4.86. The van der Waals surface area contributed by atoms with Crippen LogP contribution in [0.15, 0.2) is 36.4 Å². The van der Waals surface area contributed by atoms with Crippen molar-refractivity contribution in [2.45, 2.75) is 52.0 Å². The molecule has 1 saturated carbocycles. The molecule has 1 aliphatic carbocycles. The Kier molecular flexibility index (Phi) is 6.10. The minimum absolute atomic E-state index is 0.0930. The molecule has 0 radical (unpaired) electrons. The first-order valence-corrected chi connectivity index (χ1v) is 10.2. The van der Waals surface area contributed by atoms with Crippen LogP contribution in [0, 0.1) is 11.3 Å². The molecule has 2 aliphatic rings. The summed E-state index contributed by atoms with van der Waals surface area (Å²) in [5.74, 6) is -0.369. The topological polar surface area (TPSA) is 75.7 Å². The summed E-state index contributed by atoms with van der Waals surface area (Å²) in [7, 11) is 0. The molecule has 6 nitrogen and oxygen atoms in total. The Morgan fingerprint density at radius 1 is 1.21 bits per heavy atom. The molecule has 1 heterocycles. The van der Waals surface area contributed by atoms with Crippen LogP contribution in [-0.4, -0.2) is 41.5 Å². The van der Waals surface area contributed by atoms with Crippen LogP contribution in [-0.2, 0) is 14.3 Å². The predicted octanol–water partition coefficient (Wildman–Crippen LogP) is 3.77. The van der Waals surface area contributed by atoms with Gasteiger partial charge in [-0.15, -0.1) is 0 Å². The van der Waals surface area contributed by atoms with Crippen molar-refractivity contribution in [1.29, 1.82) is 0 Å². The van der Waals surface area contributed by atoms with Gasteiger partial charge in [-0.3, -0.25) is 14.5 Å². The molecular weight excluding hydrogens is 368 g/mol. The molecule has 1 saturated heterocycles. The van der Waals surface area contributed by atoms with E-state index in [0.717, 1.165) is 23.3 Å². The lowest BCUT2D eigenvalue weighted by Crippen LogP contribution is -2.50. The van der Waals surface area contributed by atoms with E-state index in [9.17, 15) is 14.4 Å². The van der Waals surface area contributed by atoms with Crippen molar-refractivity contribution in [3.8, 4) is 0 Å². The number of carbonyl (C=O) groups is 3. The summed E-state index contributed by atoms with van der Waals surface area (Å²) >= 11 is 0. The highest BCUT2D eigenvalue weighted by molar-refractivity contribution is 6.08. The maximum absolute atomic E-state index is 12.9. The highest BCUT2D eigenvalue weighted by atomic mass is 16.5. The van der Waals surface area contributed by atoms with E-state index in [2.05, 4.69) is 26.1 Å². The number of ether oxygens (including phenoxy) is 1. The van der Waals surface area contributed by atoms with Crippen molar-refractivity contribution < 1.29 is 19.1 Å². The van der Waals surface area contributed by atoms with E-state index in [-0.39, 0.29) is 24.5 Å². The first-order chi connectivity index (χ1) is 13.7. The van der Waals surface area contributed by atoms with Crippen molar-refractivity contribution in [3.05, 3.63) is 42.0 Å². The lowest BCUT2D eigenvalue weighted by atomic mass is 9.67. The summed E-state index contributed by atoms with van der Waals surface area (Å²) in [5, 5.41) is 2.85. The van der Waals surface area contributed by atoms with Crippen LogP contribution in [0.4, 0.5) is 4.79 Å². The maximum atomic E-state index is 12.9. The smallest absolute Gasteiger partial charge is 0.326 e. The van der Waals surface area contributed by atoms with Crippen molar-refractivity contribution >= 4 is 24.0 Å². The quantitative estimate of drug-likeness (QED) is 0.605. The number of amides is 3. The molecule has 29 heavy (non-hydrogen) atoms. The molecule has 0 unspecified atom stereocenters. The number of benzene rings is 1. The fourth-order valence-electron chi connectivity index (χ4n) is 4.20. The first-order valence-electron chi connectivity index (χ1n) is 10.2. The molecule has 2 fully saturated rings. The Morgan fingerprint density at radius 3 is 2.48 bits per heavy atom. The Labute approximate surface area is 172 Å². The third-order valence-electron chi connectivity index (χ3n) is 6.05. The van der Waals surface area contributed by atoms with Crippen LogP contribution < -0.4 is 5.32 Å². The van der Waals surface area contributed by atoms with E-state index < -0.39 is 17.5 Å². The summed E-state index contributed by atoms with van der Waals surface area (Å²) in [6.45, 7) is 6.36. The second kappa shape index (κ2) is 8.39. The van der Waals surface area contributed by atoms with Crippen LogP contribution in [0.5, 0.6) is 0 Å². The highest BCUT2D eigenvalue weighted by Gasteiger charge is 2.53. The minimum Gasteiger partial charge on any atom is -0.460 e. The summed E-state index contributed by atoms with van der Waals surface area (Å²) < 4.78 is 5.16. The largest absolute Gasteiger partial charge is 0.460 e. The minimum atomic E-state index is -0.855. The fraction of sp³-hybridized carbons (Fsp3) is 0.522. The Bertz CT molecular complexity index is 787. The van der Waals surface area contributed by atoms with E-state index in [1.54, 1.807) is 6.08 Å². The van der Waals surface area contributed by atoms with Crippen LogP contribution in [0.25, 0.3) is 6.08 Å². The molecule has 1 aromatic carbocycles. The van der Waals surface area contributed by atoms with E-state index in [1.807, 2.05) is 36.4 Å². The lowest BCUT2D eigenvalue weighted by Gasteiger charge is -2.40. The van der Waals surface area contributed by atoms with Crippen molar-refractivity contribution in [1.82, 2.24) is 10.2 Å². The number of esters is 1. The number of hydrogen-bond donors (Lipinski definition) is 1. The Hall–Kier alpha value is -2.63. The standard InChI is InChI=1S/C23H30N2O4/c1-22(2,3)18-11-13-23(14-12-18)20(27)25(21(28)24-23)16-19(26)29-15-7-10-17-8-5-4-6-9-17/h4-10,18H,11-16H2,1-3H3,(H,24,28)/b10-7+. The van der Waals surface area contributed by atoms with Gasteiger partial charge in [0.15, 0.2) is 0 Å². The summed E-state index contributed by atoms with van der Waals surface area (Å²) in [4.78, 5) is 38.4. The van der Waals surface area contributed by atoms with Crippen molar-refractivity contribution in [2.24, 2.45) is 11.3 Å². The summed E-state index contributed by atoms with van der Waals surface area (Å²) in [6, 6.07) is 9.17. The van der Waals surface area contributed by atoms with Crippen molar-refractivity contribution in [2.75, 3.05) is 13.2 Å². The van der Waals surface area contributed by atoms with Gasteiger partial charge in [0.1, 0.15) is 18.7 Å². The predicted molar refractivity (Wildman–Crippen MR) is 111 cm³/mol. The van der Waals surface area contributed by atoms with E-state index in [1.165, 1.54) is 0 Å². The van der Waals surface area contributed by atoms with E-state index >= 15 is 0 Å². The molecule has 0 aromatic heterocycles. The normalized spacial score (nSPS) is 24.9. The highest BCUT2D eigenvalue weighted by Crippen LogP contribution is 2.43. The van der Waals surface area contributed by atoms with Gasteiger partial charge in [0.25, 0.3) is 5.91 Å². The first kappa shape index (κ1) is 21.1. The number of rotatable bonds is 5. The van der Waals surface area contributed by atoms with Gasteiger partial charge in [0.05, 0.1) is 0 Å². The molecule has 0 atom stereocenters. The average Bonchev–Trinajstić information content (AvgIpc) is 2.90. The van der Waals surface area contributed by atoms with Gasteiger partial charge in [0.2, 0.25) is 0 Å². The zero-order valence-corrected chi connectivity index (χ0v) is 17.4. The van der Waals surface area contributed by atoms with Gasteiger partial charge in [-0.1, -0.05) is 57.2 Å². The maximum Gasteiger partial charge on any atom is 0.326 e. The van der Waals surface area contributed by atoms with E-state index in [0.29, 0.717) is 18.8 Å². The lowest BCUT2D eigenvalue weighted by molar-refractivity contribution is -0.147. The second-order valence-corrected chi connectivity index (χ2v) is 9.04. The molecule has 0 bridgehead atoms. The monoisotopic (exact) mass is 398 g/mol. The number of nitrogens with zero attached hydrogens (tertiary/aromatic N) is 1. The Balaban J connectivity index is 1.51. The third-order valence-corrected chi connectivity index (χ3v) is 6.05. The summed E-state index contributed by atoms with van der Waals surface area (Å²) in [6.07, 6.45) is 6.59. The number of carbonyl (C=O) groups excluding carboxylic acids is 3. The van der Waals surface area contributed by atoms with Crippen LogP contribution in [0.1, 0.15) is 52.0 Å². The van der Waals surface area contributed by atoms with Crippen LogP contribution in [0.3, 0.4) is 0 Å². The SMILES string of the molecule is CC(C)(C)C1CCC2(CC1)NC(=O)N(CC(=O)OC/C=C/c1ccccc1)C2=O. The molecule has 1 N–H and O–H groups in total. The number of hydrogen-bond acceptors (Lipinski definition) is 4. The van der Waals surface area contributed by atoms with Gasteiger partial charge in [-0.2, -0.15) is 0 Å². The molecule has 6 heteroatoms. The van der Waals surface area contributed by atoms with Crippen molar-refractivity contribution in [3.63, 3.8) is 0 Å². The molecule has 1 aliphatic heterocycles. The van der Waals surface area contributed by atoms with Crippen LogP contribution in [0.2, 0.25) is 0 Å². The molecule has 1 aromatic rings. The zero-order chi connectivity index (χ0) is 21.1. The Morgan fingerprint density at radius 2 is 1.86 bits per heavy atom. The van der Waals surface area contributed by atoms with Gasteiger partial charge >= 0.3 is 12.0 Å². The van der Waals surface area contributed by atoms with E-state index in [4.69, 9.17) is 4.74 Å². The fourth-order valence-corrected chi connectivity index (χ4v) is 4.20. The molecule has 1 spiro atoms. The number of imide groups is 1. The second-order valence-electron chi connectivity index (χ2n) is 9.04. The van der Waals surface area contributed by atoms with Gasteiger partial charge in [-0.05, 0) is 48.7 Å². The van der Waals surface area contributed by atoms with Gasteiger partial charge < -0.3 is 10.1 Å². The average molecular weight is 399 g/mol. The van der Waals surface area contributed by atoms with Gasteiger partial charge in [0, 0.05) is 0 Å². The molecule has 156 valence electrons. The number of nitrogens with one attached hydrogen (secondary N) is 1. The van der Waals surface area contributed by atoms with Crippen LogP contribution >= 0.6 is 0 Å². The molecule has 3 amide bonds. The zero-order valence-electron chi connectivity index (χ0n) is 17.4. The number of urea groups is 1. The summed E-state index contributed by atoms with van der Waals surface area (Å²) in [5.41, 5.74) is 0.335. The molecular formula is C23H30N2O4. The van der Waals surface area contributed by atoms with Gasteiger partial charge in [-0.25, -0.2) is 4.79 Å².